The molecule has 7 nitrogen and oxygen atoms in total. The first-order chi connectivity index (χ1) is 16.8. The molecule has 2 aromatic rings. The Morgan fingerprint density at radius 1 is 1.00 bits per heavy atom. The lowest BCUT2D eigenvalue weighted by molar-refractivity contribution is -0.172. The molecule has 0 radical (unpaired) electrons. The summed E-state index contributed by atoms with van der Waals surface area (Å²) in [4.78, 5) is 11.8. The molecule has 2 aliphatic carbocycles. The quantitative estimate of drug-likeness (QED) is 0.336. The number of carbonyl (C=O) groups excluding carboxylic acids is 1. The van der Waals surface area contributed by atoms with Crippen LogP contribution in [0.25, 0.3) is 0 Å². The van der Waals surface area contributed by atoms with E-state index in [9.17, 15) is 46.1 Å². The fraction of sp³-hybridized carbons (Fsp3) is 0.458. The maximum absolute atomic E-state index is 14.7. The molecule has 36 heavy (non-hydrogen) atoms. The molecule has 2 aromatic carbocycles. The van der Waals surface area contributed by atoms with Crippen LogP contribution < -0.4 is 5.32 Å². The van der Waals surface area contributed by atoms with E-state index in [2.05, 4.69) is 5.32 Å². The number of anilines is 1. The van der Waals surface area contributed by atoms with Gasteiger partial charge in [0.25, 0.3) is 5.91 Å². The van der Waals surface area contributed by atoms with E-state index in [1.54, 1.807) is 0 Å². The van der Waals surface area contributed by atoms with Crippen molar-refractivity contribution >= 4 is 21.4 Å². The van der Waals surface area contributed by atoms with Crippen molar-refractivity contribution in [1.29, 1.82) is 0 Å². The van der Waals surface area contributed by atoms with Crippen LogP contribution in [0.15, 0.2) is 35.2 Å². The minimum absolute atomic E-state index is 0.0802. The molecule has 2 saturated carbocycles. The molecular formula is C24H25F4NO6S. The number of amides is 1. The van der Waals surface area contributed by atoms with Gasteiger partial charge in [0.1, 0.15) is 16.8 Å². The van der Waals surface area contributed by atoms with E-state index in [0.717, 1.165) is 18.2 Å². The number of hydrogen-bond donors (Lipinski definition) is 4. The van der Waals surface area contributed by atoms with Crippen LogP contribution in [0.4, 0.5) is 23.2 Å². The number of rotatable bonds is 6. The molecule has 1 amide bonds. The van der Waals surface area contributed by atoms with Crippen molar-refractivity contribution in [2.45, 2.75) is 60.6 Å². The van der Waals surface area contributed by atoms with Gasteiger partial charge in [0.2, 0.25) is 0 Å². The zero-order chi connectivity index (χ0) is 26.6. The monoisotopic (exact) mass is 531 g/mol. The highest BCUT2D eigenvalue weighted by molar-refractivity contribution is 7.92. The number of fused-ring (bicyclic) bond motifs is 2. The minimum atomic E-state index is -4.34. The Labute approximate surface area is 204 Å². The second kappa shape index (κ2) is 9.40. The van der Waals surface area contributed by atoms with Gasteiger partial charge in [-0.05, 0) is 62.6 Å². The number of halogens is 4. The first-order valence-corrected chi connectivity index (χ1v) is 12.9. The Morgan fingerprint density at radius 2 is 1.56 bits per heavy atom. The van der Waals surface area contributed by atoms with Gasteiger partial charge >= 0.3 is 0 Å². The van der Waals surface area contributed by atoms with E-state index >= 15 is 0 Å². The van der Waals surface area contributed by atoms with Crippen LogP contribution >= 0.6 is 0 Å². The molecule has 0 spiro atoms. The van der Waals surface area contributed by atoms with Crippen LogP contribution in [0.2, 0.25) is 0 Å². The van der Waals surface area contributed by atoms with Crippen molar-refractivity contribution < 1.29 is 46.1 Å². The normalized spacial score (nSPS) is 27.5. The van der Waals surface area contributed by atoms with Crippen molar-refractivity contribution in [2.24, 2.45) is 11.8 Å². The smallest absolute Gasteiger partial charge is 0.255 e. The summed E-state index contributed by atoms with van der Waals surface area (Å²) in [6, 6.07) is 3.65. The molecule has 196 valence electrons. The van der Waals surface area contributed by atoms with Crippen molar-refractivity contribution in [3.63, 3.8) is 0 Å². The Kier molecular flexibility index (Phi) is 6.93. The molecule has 0 aromatic heterocycles. The highest BCUT2D eigenvalue weighted by atomic mass is 32.2. The van der Waals surface area contributed by atoms with Crippen molar-refractivity contribution in [3.05, 3.63) is 59.2 Å². The Bertz CT molecular complexity index is 1260. The second-order valence-electron chi connectivity index (χ2n) is 9.54. The predicted octanol–water partition coefficient (Wildman–Crippen LogP) is 2.93. The van der Waals surface area contributed by atoms with Crippen molar-refractivity contribution in [3.8, 4) is 0 Å². The van der Waals surface area contributed by atoms with E-state index in [4.69, 9.17) is 0 Å². The lowest BCUT2D eigenvalue weighted by Crippen LogP contribution is -2.58. The van der Waals surface area contributed by atoms with Crippen LogP contribution in [-0.2, 0) is 9.84 Å². The van der Waals surface area contributed by atoms with Gasteiger partial charge in [-0.25, -0.2) is 26.0 Å². The Hall–Kier alpha value is -2.54. The summed E-state index contributed by atoms with van der Waals surface area (Å²) in [6.07, 6.45) is -2.02. The number of nitrogens with one attached hydrogen (secondary N) is 1. The van der Waals surface area contributed by atoms with E-state index in [1.165, 1.54) is 6.92 Å². The number of aliphatic hydroxyl groups is 3. The summed E-state index contributed by atoms with van der Waals surface area (Å²) in [7, 11) is -4.34. The molecule has 12 heteroatoms. The van der Waals surface area contributed by atoms with Crippen molar-refractivity contribution in [2.75, 3.05) is 5.32 Å². The summed E-state index contributed by atoms with van der Waals surface area (Å²) in [5.41, 5.74) is -2.41. The average Bonchev–Trinajstić information content (AvgIpc) is 2.98. The molecule has 2 aliphatic rings. The molecule has 0 aliphatic heterocycles. The standard InChI is InChI=1S/C24H25F4NO6S/c1-11(30)22(31)24(33)13-3-4-14(24)8-16(7-13)36(34,35)20-6-12(2-5-17(20)25)23(32)29-15-9-18(26)21(28)19(27)10-15/h2,5-6,9-11,13-14,16,22,30-31,33H,3-4,7-8H2,1H3,(H,29,32)/t11-,13-,14+,16-,22+,24-/m0/s1. The van der Waals surface area contributed by atoms with Crippen LogP contribution in [0.5, 0.6) is 0 Å². The SMILES string of the molecule is C[C@H](O)[C@@H](O)[C@@]1(O)[C@@H]2CC[C@H]1C[C@H](S(=O)(=O)c1cc(C(=O)Nc3cc(F)c(F)c(F)c3)ccc1F)C2. The highest BCUT2D eigenvalue weighted by Crippen LogP contribution is 2.53. The van der Waals surface area contributed by atoms with Crippen LogP contribution in [0, 0.1) is 35.1 Å². The lowest BCUT2D eigenvalue weighted by Gasteiger charge is -2.46. The van der Waals surface area contributed by atoms with Gasteiger partial charge in [0.05, 0.1) is 17.0 Å². The maximum Gasteiger partial charge on any atom is 0.255 e. The Balaban J connectivity index is 1.59. The zero-order valence-electron chi connectivity index (χ0n) is 19.1. The third-order valence-corrected chi connectivity index (χ3v) is 9.57. The average molecular weight is 532 g/mol. The fourth-order valence-electron chi connectivity index (χ4n) is 5.54. The number of hydrogen-bond acceptors (Lipinski definition) is 6. The molecular weight excluding hydrogens is 506 g/mol. The number of aliphatic hydroxyl groups excluding tert-OH is 2. The third-order valence-electron chi connectivity index (χ3n) is 7.38. The van der Waals surface area contributed by atoms with E-state index < -0.39 is 84.5 Å². The fourth-order valence-corrected chi connectivity index (χ4v) is 7.50. The lowest BCUT2D eigenvalue weighted by atomic mass is 9.70. The third kappa shape index (κ3) is 4.40. The molecule has 4 rings (SSSR count). The van der Waals surface area contributed by atoms with Gasteiger partial charge in [-0.3, -0.25) is 4.79 Å². The molecule has 2 fully saturated rings. The first-order valence-electron chi connectivity index (χ1n) is 11.3. The van der Waals surface area contributed by atoms with Gasteiger partial charge in [0.15, 0.2) is 27.3 Å². The van der Waals surface area contributed by atoms with Gasteiger partial charge < -0.3 is 20.6 Å². The number of carbonyl (C=O) groups is 1. The molecule has 4 N–H and O–H groups in total. The second-order valence-corrected chi connectivity index (χ2v) is 11.7. The topological polar surface area (TPSA) is 124 Å². The van der Waals surface area contributed by atoms with Crippen LogP contribution in [0.1, 0.15) is 43.0 Å². The summed E-state index contributed by atoms with van der Waals surface area (Å²) in [5, 5.41) is 32.3. The predicted molar refractivity (Wildman–Crippen MR) is 120 cm³/mol. The Morgan fingerprint density at radius 3 is 2.08 bits per heavy atom. The highest BCUT2D eigenvalue weighted by Gasteiger charge is 2.59. The van der Waals surface area contributed by atoms with E-state index in [0.29, 0.717) is 25.0 Å². The molecule has 0 unspecified atom stereocenters. The first kappa shape index (κ1) is 26.5. The summed E-state index contributed by atoms with van der Waals surface area (Å²) in [5.74, 6) is -8.20. The number of sulfone groups is 1. The van der Waals surface area contributed by atoms with Crippen molar-refractivity contribution in [1.82, 2.24) is 0 Å². The number of benzene rings is 2. The molecule has 2 bridgehead atoms. The van der Waals surface area contributed by atoms with Crippen LogP contribution in [0.3, 0.4) is 0 Å². The molecule has 6 atom stereocenters. The maximum atomic E-state index is 14.7. The van der Waals surface area contributed by atoms with Gasteiger partial charge in [-0.2, -0.15) is 0 Å². The minimum Gasteiger partial charge on any atom is -0.391 e. The van der Waals surface area contributed by atoms with Gasteiger partial charge in [-0.15, -0.1) is 0 Å². The summed E-state index contributed by atoms with van der Waals surface area (Å²) < 4.78 is 81.5. The van der Waals surface area contributed by atoms with Crippen LogP contribution in [-0.4, -0.2) is 52.7 Å². The zero-order valence-corrected chi connectivity index (χ0v) is 19.9. The molecule has 0 heterocycles. The van der Waals surface area contributed by atoms with E-state index in [-0.39, 0.29) is 18.4 Å². The largest absolute Gasteiger partial charge is 0.391 e. The summed E-state index contributed by atoms with van der Waals surface area (Å²) >= 11 is 0. The van der Waals surface area contributed by atoms with Gasteiger partial charge in [-0.1, -0.05) is 0 Å². The summed E-state index contributed by atoms with van der Waals surface area (Å²) in [6.45, 7) is 1.32. The molecule has 0 saturated heterocycles. The van der Waals surface area contributed by atoms with E-state index in [1.807, 2.05) is 0 Å². The van der Waals surface area contributed by atoms with Gasteiger partial charge in [0, 0.05) is 23.4 Å².